The molecule has 2 rings (SSSR count). The van der Waals surface area contributed by atoms with Crippen LogP contribution in [0.3, 0.4) is 0 Å². The van der Waals surface area contributed by atoms with Gasteiger partial charge < -0.3 is 10.2 Å². The van der Waals surface area contributed by atoms with Crippen molar-refractivity contribution < 1.29 is 0 Å². The molecule has 0 saturated carbocycles. The maximum atomic E-state index is 4.81. The second-order valence-corrected chi connectivity index (χ2v) is 6.97. The molecule has 0 bridgehead atoms. The van der Waals surface area contributed by atoms with E-state index < -0.39 is 0 Å². The van der Waals surface area contributed by atoms with E-state index >= 15 is 0 Å². The molecule has 4 nitrogen and oxygen atoms in total. The molecule has 1 atom stereocenters. The van der Waals surface area contributed by atoms with Gasteiger partial charge in [-0.05, 0) is 21.0 Å². The zero-order valence-electron chi connectivity index (χ0n) is 12.7. The van der Waals surface area contributed by atoms with Crippen LogP contribution in [0.1, 0.15) is 35.5 Å². The second-order valence-electron chi connectivity index (χ2n) is 5.85. The third-order valence-corrected chi connectivity index (χ3v) is 4.97. The summed E-state index contributed by atoms with van der Waals surface area (Å²) in [6.45, 7) is 10.8. The highest BCUT2D eigenvalue weighted by molar-refractivity contribution is 7.11. The lowest BCUT2D eigenvalue weighted by atomic mass is 10.2. The first kappa shape index (κ1) is 14.9. The minimum Gasteiger partial charge on any atom is -0.310 e. The molecule has 1 aromatic heterocycles. The van der Waals surface area contributed by atoms with Gasteiger partial charge in [0, 0.05) is 37.1 Å². The van der Waals surface area contributed by atoms with Gasteiger partial charge in [0.25, 0.3) is 0 Å². The molecule has 1 N–H and O–H groups in total. The van der Waals surface area contributed by atoms with Gasteiger partial charge in [-0.2, -0.15) is 0 Å². The van der Waals surface area contributed by atoms with Crippen LogP contribution in [0.5, 0.6) is 0 Å². The predicted octanol–water partition coefficient (Wildman–Crippen LogP) is 1.87. The Bertz CT molecular complexity index is 416. The van der Waals surface area contributed by atoms with Crippen LogP contribution in [0.15, 0.2) is 0 Å². The minimum atomic E-state index is 0.454. The van der Waals surface area contributed by atoms with Crippen molar-refractivity contribution in [3.05, 3.63) is 15.6 Å². The molecule has 0 radical (unpaired) electrons. The highest BCUT2D eigenvalue weighted by atomic mass is 32.1. The van der Waals surface area contributed by atoms with Crippen LogP contribution in [-0.4, -0.2) is 54.6 Å². The summed E-state index contributed by atoms with van der Waals surface area (Å²) < 4.78 is 0. The maximum absolute atomic E-state index is 4.81. The second kappa shape index (κ2) is 6.31. The molecular weight excluding hydrogens is 256 g/mol. The summed E-state index contributed by atoms with van der Waals surface area (Å²) in [6, 6.07) is 0.976. The lowest BCUT2D eigenvalue weighted by Crippen LogP contribution is -2.44. The van der Waals surface area contributed by atoms with E-state index in [2.05, 4.69) is 50.0 Å². The lowest BCUT2D eigenvalue weighted by Gasteiger charge is -2.36. The van der Waals surface area contributed by atoms with E-state index in [-0.39, 0.29) is 0 Å². The molecule has 1 saturated heterocycles. The smallest absolute Gasteiger partial charge is 0.112 e. The SMILES string of the molecule is Cc1nc(C2CN(C)CCN2C)sc1CNC(C)C. The Morgan fingerprint density at radius 3 is 2.79 bits per heavy atom. The fourth-order valence-corrected chi connectivity index (χ4v) is 3.51. The van der Waals surface area contributed by atoms with Crippen LogP contribution in [-0.2, 0) is 6.54 Å². The summed E-state index contributed by atoms with van der Waals surface area (Å²) in [4.78, 5) is 11.0. The molecule has 1 aliphatic heterocycles. The average molecular weight is 282 g/mol. The average Bonchev–Trinajstić information content (AvgIpc) is 2.71. The number of likely N-dealkylation sites (N-methyl/N-ethyl adjacent to an activating group) is 2. The van der Waals surface area contributed by atoms with Crippen LogP contribution in [0, 0.1) is 6.92 Å². The minimum absolute atomic E-state index is 0.454. The number of thiazole rings is 1. The van der Waals surface area contributed by atoms with Gasteiger partial charge in [0.1, 0.15) is 5.01 Å². The number of aryl methyl sites for hydroxylation is 1. The van der Waals surface area contributed by atoms with E-state index in [1.165, 1.54) is 15.6 Å². The Labute approximate surface area is 120 Å². The molecule has 0 aliphatic carbocycles. The number of nitrogens with zero attached hydrogens (tertiary/aromatic N) is 3. The van der Waals surface area contributed by atoms with Crippen LogP contribution in [0.2, 0.25) is 0 Å². The van der Waals surface area contributed by atoms with Crippen LogP contribution in [0.4, 0.5) is 0 Å². The number of piperazine rings is 1. The maximum Gasteiger partial charge on any atom is 0.112 e. The summed E-state index contributed by atoms with van der Waals surface area (Å²) in [7, 11) is 4.40. The summed E-state index contributed by atoms with van der Waals surface area (Å²) in [5, 5.41) is 4.76. The Morgan fingerprint density at radius 2 is 2.11 bits per heavy atom. The van der Waals surface area contributed by atoms with Gasteiger partial charge in [0.15, 0.2) is 0 Å². The van der Waals surface area contributed by atoms with Crippen molar-refractivity contribution in [1.29, 1.82) is 0 Å². The first-order chi connectivity index (χ1) is 8.97. The molecule has 1 unspecified atom stereocenters. The first-order valence-corrected chi connectivity index (χ1v) is 7.87. The van der Waals surface area contributed by atoms with Gasteiger partial charge in [0.05, 0.1) is 11.7 Å². The van der Waals surface area contributed by atoms with Crippen molar-refractivity contribution >= 4 is 11.3 Å². The monoisotopic (exact) mass is 282 g/mol. The van der Waals surface area contributed by atoms with Gasteiger partial charge in [-0.15, -0.1) is 11.3 Å². The molecule has 2 heterocycles. The van der Waals surface area contributed by atoms with E-state index in [1.54, 1.807) is 0 Å². The topological polar surface area (TPSA) is 31.4 Å². The lowest BCUT2D eigenvalue weighted by molar-refractivity contribution is 0.115. The molecule has 0 aromatic carbocycles. The fourth-order valence-electron chi connectivity index (χ4n) is 2.33. The summed E-state index contributed by atoms with van der Waals surface area (Å²) in [5.41, 5.74) is 1.19. The zero-order valence-corrected chi connectivity index (χ0v) is 13.5. The number of aromatic nitrogens is 1. The standard InChI is InChI=1S/C14H26N4S/c1-10(2)15-8-13-11(3)16-14(19-13)12-9-17(4)6-7-18(12)5/h10,12,15H,6-9H2,1-5H3. The molecule has 0 spiro atoms. The molecule has 1 aliphatic rings. The highest BCUT2D eigenvalue weighted by Crippen LogP contribution is 2.29. The third kappa shape index (κ3) is 3.75. The van der Waals surface area contributed by atoms with Crippen LogP contribution < -0.4 is 5.32 Å². The van der Waals surface area contributed by atoms with Crippen molar-refractivity contribution in [2.45, 2.75) is 39.4 Å². The van der Waals surface area contributed by atoms with Crippen molar-refractivity contribution in [3.8, 4) is 0 Å². The normalized spacial score (nSPS) is 22.3. The van der Waals surface area contributed by atoms with Crippen molar-refractivity contribution in [1.82, 2.24) is 20.1 Å². The number of nitrogens with one attached hydrogen (secondary N) is 1. The van der Waals surface area contributed by atoms with Crippen LogP contribution >= 0.6 is 11.3 Å². The summed E-state index contributed by atoms with van der Waals surface area (Å²) >= 11 is 1.87. The Kier molecular flexibility index (Phi) is 4.95. The van der Waals surface area contributed by atoms with E-state index in [0.29, 0.717) is 12.1 Å². The van der Waals surface area contributed by atoms with Gasteiger partial charge in [-0.25, -0.2) is 4.98 Å². The van der Waals surface area contributed by atoms with E-state index in [0.717, 1.165) is 26.2 Å². The van der Waals surface area contributed by atoms with Crippen LogP contribution in [0.25, 0.3) is 0 Å². The zero-order chi connectivity index (χ0) is 14.0. The van der Waals surface area contributed by atoms with E-state index in [9.17, 15) is 0 Å². The molecule has 19 heavy (non-hydrogen) atoms. The van der Waals surface area contributed by atoms with Gasteiger partial charge >= 0.3 is 0 Å². The van der Waals surface area contributed by atoms with Gasteiger partial charge in [-0.1, -0.05) is 13.8 Å². The number of rotatable bonds is 4. The van der Waals surface area contributed by atoms with Gasteiger partial charge in [-0.3, -0.25) is 4.90 Å². The molecule has 1 fully saturated rings. The molecule has 5 heteroatoms. The Hall–Kier alpha value is -0.490. The molecular formula is C14H26N4S. The third-order valence-electron chi connectivity index (χ3n) is 3.72. The molecule has 1 aromatic rings. The van der Waals surface area contributed by atoms with Crippen molar-refractivity contribution in [2.75, 3.05) is 33.7 Å². The fraction of sp³-hybridized carbons (Fsp3) is 0.786. The Morgan fingerprint density at radius 1 is 1.37 bits per heavy atom. The van der Waals surface area contributed by atoms with Crippen molar-refractivity contribution in [3.63, 3.8) is 0 Å². The number of hydrogen-bond donors (Lipinski definition) is 1. The van der Waals surface area contributed by atoms with E-state index in [1.807, 2.05) is 11.3 Å². The predicted molar refractivity (Wildman–Crippen MR) is 81.7 cm³/mol. The summed E-state index contributed by atoms with van der Waals surface area (Å²) in [6.07, 6.45) is 0. The summed E-state index contributed by atoms with van der Waals surface area (Å²) in [5.74, 6) is 0. The molecule has 0 amide bonds. The number of hydrogen-bond acceptors (Lipinski definition) is 5. The van der Waals surface area contributed by atoms with Gasteiger partial charge in [0.2, 0.25) is 0 Å². The highest BCUT2D eigenvalue weighted by Gasteiger charge is 2.26. The quantitative estimate of drug-likeness (QED) is 0.913. The van der Waals surface area contributed by atoms with E-state index in [4.69, 9.17) is 4.98 Å². The largest absolute Gasteiger partial charge is 0.310 e. The van der Waals surface area contributed by atoms with Crippen molar-refractivity contribution in [2.24, 2.45) is 0 Å². The molecule has 108 valence electrons. The first-order valence-electron chi connectivity index (χ1n) is 7.05. The Balaban J connectivity index is 2.09.